The van der Waals surface area contributed by atoms with Crippen LogP contribution in [0.3, 0.4) is 0 Å². The van der Waals surface area contributed by atoms with E-state index in [-0.39, 0.29) is 5.92 Å². The summed E-state index contributed by atoms with van der Waals surface area (Å²) < 4.78 is 0. The van der Waals surface area contributed by atoms with Crippen molar-refractivity contribution < 1.29 is 10.2 Å². The molecular formula is C11H21NO2. The Morgan fingerprint density at radius 2 is 1.93 bits per heavy atom. The molecule has 3 heteroatoms. The zero-order valence-corrected chi connectivity index (χ0v) is 9.44. The van der Waals surface area contributed by atoms with E-state index in [1.807, 2.05) is 13.8 Å². The van der Waals surface area contributed by atoms with Crippen molar-refractivity contribution in [1.29, 1.82) is 0 Å². The van der Waals surface area contributed by atoms with Crippen LogP contribution in [0, 0.1) is 11.8 Å². The highest BCUT2D eigenvalue weighted by atomic mass is 16.3. The number of aliphatic imine (C=N–C) groups is 1. The summed E-state index contributed by atoms with van der Waals surface area (Å²) in [4.78, 5) is 4.00. The SMILES string of the molecule is CCC(=C/O)/N=C\C(O)[C@H](C)C(C)C. The number of aliphatic hydroxyl groups excluding tert-OH is 2. The van der Waals surface area contributed by atoms with Gasteiger partial charge in [0.05, 0.1) is 11.8 Å². The van der Waals surface area contributed by atoms with Gasteiger partial charge in [0.15, 0.2) is 0 Å². The fourth-order valence-electron chi connectivity index (χ4n) is 0.918. The smallest absolute Gasteiger partial charge is 0.101 e. The number of hydrogen-bond donors (Lipinski definition) is 2. The van der Waals surface area contributed by atoms with E-state index in [0.717, 1.165) is 6.26 Å². The number of allylic oxidation sites excluding steroid dienone is 1. The van der Waals surface area contributed by atoms with Crippen molar-refractivity contribution in [2.75, 3.05) is 0 Å². The average molecular weight is 199 g/mol. The molecule has 0 rings (SSSR count). The predicted octanol–water partition coefficient (Wildman–Crippen LogP) is 2.52. The molecule has 0 radical (unpaired) electrons. The Kier molecular flexibility index (Phi) is 6.21. The van der Waals surface area contributed by atoms with E-state index in [9.17, 15) is 5.11 Å². The van der Waals surface area contributed by atoms with Gasteiger partial charge < -0.3 is 10.2 Å². The molecule has 2 N–H and O–H groups in total. The highest BCUT2D eigenvalue weighted by molar-refractivity contribution is 5.64. The Bertz CT molecular complexity index is 209. The van der Waals surface area contributed by atoms with Crippen LogP contribution in [0.5, 0.6) is 0 Å². The Hall–Kier alpha value is -0.830. The number of rotatable bonds is 5. The molecule has 0 aliphatic carbocycles. The second-order valence-electron chi connectivity index (χ2n) is 3.85. The largest absolute Gasteiger partial charge is 0.514 e. The lowest BCUT2D eigenvalue weighted by molar-refractivity contribution is 0.155. The van der Waals surface area contributed by atoms with Gasteiger partial charge in [-0.25, -0.2) is 0 Å². The lowest BCUT2D eigenvalue weighted by atomic mass is 9.93. The van der Waals surface area contributed by atoms with E-state index in [4.69, 9.17) is 5.11 Å². The maximum absolute atomic E-state index is 9.67. The van der Waals surface area contributed by atoms with Crippen molar-refractivity contribution >= 4 is 6.21 Å². The quantitative estimate of drug-likeness (QED) is 0.528. The van der Waals surface area contributed by atoms with Crippen molar-refractivity contribution in [2.24, 2.45) is 16.8 Å². The summed E-state index contributed by atoms with van der Waals surface area (Å²) in [7, 11) is 0. The standard InChI is InChI=1S/C11H21NO2/c1-5-10(7-13)12-6-11(14)9(4)8(2)3/h6-9,11,13-14H,5H2,1-4H3/b10-7-,12-6-/t9-,11?/m1/s1. The Morgan fingerprint density at radius 3 is 2.29 bits per heavy atom. The lowest BCUT2D eigenvalue weighted by Crippen LogP contribution is -2.23. The van der Waals surface area contributed by atoms with Crippen molar-refractivity contribution in [3.8, 4) is 0 Å². The van der Waals surface area contributed by atoms with Crippen molar-refractivity contribution in [3.05, 3.63) is 12.0 Å². The predicted molar refractivity (Wildman–Crippen MR) is 59.5 cm³/mol. The van der Waals surface area contributed by atoms with Crippen molar-refractivity contribution in [2.45, 2.75) is 40.2 Å². The molecule has 0 aromatic rings. The summed E-state index contributed by atoms with van der Waals surface area (Å²) in [6, 6.07) is 0. The molecule has 0 fully saturated rings. The Labute approximate surface area is 86.2 Å². The highest BCUT2D eigenvalue weighted by Crippen LogP contribution is 2.13. The van der Waals surface area contributed by atoms with E-state index in [1.165, 1.54) is 6.21 Å². The first-order valence-corrected chi connectivity index (χ1v) is 5.08. The van der Waals surface area contributed by atoms with E-state index in [1.54, 1.807) is 0 Å². The first kappa shape index (κ1) is 13.2. The summed E-state index contributed by atoms with van der Waals surface area (Å²) in [5, 5.41) is 18.4. The minimum absolute atomic E-state index is 0.176. The number of nitrogens with zero attached hydrogens (tertiary/aromatic N) is 1. The fourth-order valence-corrected chi connectivity index (χ4v) is 0.918. The molecular weight excluding hydrogens is 178 g/mol. The minimum Gasteiger partial charge on any atom is -0.514 e. The Morgan fingerprint density at radius 1 is 1.36 bits per heavy atom. The van der Waals surface area contributed by atoms with Gasteiger partial charge in [-0.3, -0.25) is 4.99 Å². The van der Waals surface area contributed by atoms with Crippen molar-refractivity contribution in [1.82, 2.24) is 0 Å². The third-order valence-electron chi connectivity index (χ3n) is 2.49. The minimum atomic E-state index is -0.545. The molecule has 0 aromatic heterocycles. The average Bonchev–Trinajstić information content (AvgIpc) is 2.17. The monoisotopic (exact) mass is 199 g/mol. The molecule has 0 bridgehead atoms. The van der Waals surface area contributed by atoms with Gasteiger partial charge in [-0.15, -0.1) is 0 Å². The normalized spacial score (nSPS) is 17.7. The van der Waals surface area contributed by atoms with Gasteiger partial charge in [-0.05, 0) is 18.3 Å². The summed E-state index contributed by atoms with van der Waals surface area (Å²) in [5.74, 6) is 0.593. The summed E-state index contributed by atoms with van der Waals surface area (Å²) in [5.41, 5.74) is 0.583. The van der Waals surface area contributed by atoms with Crippen LogP contribution < -0.4 is 0 Å². The van der Waals surface area contributed by atoms with E-state index < -0.39 is 6.10 Å². The van der Waals surface area contributed by atoms with Crippen LogP contribution in [0.1, 0.15) is 34.1 Å². The molecule has 0 heterocycles. The van der Waals surface area contributed by atoms with Crippen molar-refractivity contribution in [3.63, 3.8) is 0 Å². The maximum Gasteiger partial charge on any atom is 0.101 e. The summed E-state index contributed by atoms with van der Waals surface area (Å²) in [6.45, 7) is 8.00. The van der Waals surface area contributed by atoms with Crippen LogP contribution >= 0.6 is 0 Å². The number of hydrogen-bond acceptors (Lipinski definition) is 3. The molecule has 1 unspecified atom stereocenters. The first-order chi connectivity index (χ1) is 6.52. The van der Waals surface area contributed by atoms with Crippen LogP contribution in [-0.4, -0.2) is 22.5 Å². The zero-order valence-electron chi connectivity index (χ0n) is 9.44. The van der Waals surface area contributed by atoms with E-state index >= 15 is 0 Å². The van der Waals surface area contributed by atoms with Gasteiger partial charge in [0.1, 0.15) is 6.26 Å². The fraction of sp³-hybridized carbons (Fsp3) is 0.727. The molecule has 0 saturated heterocycles. The maximum atomic E-state index is 9.67. The molecule has 3 nitrogen and oxygen atoms in total. The first-order valence-electron chi connectivity index (χ1n) is 5.08. The van der Waals surface area contributed by atoms with Gasteiger partial charge in [0.2, 0.25) is 0 Å². The van der Waals surface area contributed by atoms with Gasteiger partial charge >= 0.3 is 0 Å². The topological polar surface area (TPSA) is 52.8 Å². The second kappa shape index (κ2) is 6.60. The van der Waals surface area contributed by atoms with E-state index in [2.05, 4.69) is 18.8 Å². The van der Waals surface area contributed by atoms with E-state index in [0.29, 0.717) is 18.0 Å². The third kappa shape index (κ3) is 4.42. The molecule has 82 valence electrons. The number of aliphatic hydroxyl groups is 2. The van der Waals surface area contributed by atoms with Gasteiger partial charge in [0.25, 0.3) is 0 Å². The van der Waals surface area contributed by atoms with Crippen LogP contribution in [0.4, 0.5) is 0 Å². The van der Waals surface area contributed by atoms with Crippen LogP contribution in [0.15, 0.2) is 17.0 Å². The van der Waals surface area contributed by atoms with Gasteiger partial charge in [-0.1, -0.05) is 27.7 Å². The molecule has 0 saturated carbocycles. The molecule has 0 aliphatic rings. The molecule has 0 aliphatic heterocycles. The molecule has 14 heavy (non-hydrogen) atoms. The van der Waals surface area contributed by atoms with Gasteiger partial charge in [-0.2, -0.15) is 0 Å². The van der Waals surface area contributed by atoms with Crippen LogP contribution in [0.25, 0.3) is 0 Å². The summed E-state index contributed by atoms with van der Waals surface area (Å²) >= 11 is 0. The Balaban J connectivity index is 4.23. The van der Waals surface area contributed by atoms with Crippen LogP contribution in [0.2, 0.25) is 0 Å². The molecule has 0 amide bonds. The van der Waals surface area contributed by atoms with Crippen LogP contribution in [-0.2, 0) is 0 Å². The molecule has 0 aromatic carbocycles. The van der Waals surface area contributed by atoms with Gasteiger partial charge in [0, 0.05) is 6.21 Å². The zero-order chi connectivity index (χ0) is 11.1. The third-order valence-corrected chi connectivity index (χ3v) is 2.49. The lowest BCUT2D eigenvalue weighted by Gasteiger charge is -2.18. The molecule has 2 atom stereocenters. The second-order valence-corrected chi connectivity index (χ2v) is 3.85. The summed E-state index contributed by atoms with van der Waals surface area (Å²) in [6.07, 6.45) is 2.59. The highest BCUT2D eigenvalue weighted by Gasteiger charge is 2.15. The molecule has 0 spiro atoms.